The van der Waals surface area contributed by atoms with Gasteiger partial charge in [-0.1, -0.05) is 12.1 Å². The molecule has 0 bridgehead atoms. The average molecular weight is 350 g/mol. The lowest BCUT2D eigenvalue weighted by atomic mass is 10.1. The number of nitrogens with zero attached hydrogens (tertiary/aromatic N) is 1. The van der Waals surface area contributed by atoms with E-state index in [1.54, 1.807) is 18.3 Å². The SMILES string of the molecule is Nc1cc(F)c(Nc2cccc3cc(Br)cnc23)c(F)c1. The summed E-state index contributed by atoms with van der Waals surface area (Å²) in [7, 11) is 0. The number of halogens is 3. The molecule has 2 aromatic carbocycles. The highest BCUT2D eigenvalue weighted by Crippen LogP contribution is 2.30. The number of benzene rings is 2. The van der Waals surface area contributed by atoms with Gasteiger partial charge in [0.25, 0.3) is 0 Å². The van der Waals surface area contributed by atoms with Gasteiger partial charge in [-0.25, -0.2) is 8.78 Å². The van der Waals surface area contributed by atoms with Crippen molar-refractivity contribution in [2.45, 2.75) is 0 Å². The van der Waals surface area contributed by atoms with Crippen LogP contribution in [-0.4, -0.2) is 4.98 Å². The number of nitrogens with two attached hydrogens (primary N) is 1. The molecule has 106 valence electrons. The van der Waals surface area contributed by atoms with Crippen LogP contribution in [0.5, 0.6) is 0 Å². The Labute approximate surface area is 127 Å². The van der Waals surface area contributed by atoms with Gasteiger partial charge in [-0.2, -0.15) is 0 Å². The highest BCUT2D eigenvalue weighted by Gasteiger charge is 2.12. The van der Waals surface area contributed by atoms with Crippen molar-refractivity contribution in [2.75, 3.05) is 11.1 Å². The molecule has 1 heterocycles. The molecule has 0 amide bonds. The number of hydrogen-bond acceptors (Lipinski definition) is 3. The number of fused-ring (bicyclic) bond motifs is 1. The predicted octanol–water partition coefficient (Wildman–Crippen LogP) is 4.60. The smallest absolute Gasteiger partial charge is 0.151 e. The number of rotatable bonds is 2. The number of nitrogens with one attached hydrogen (secondary N) is 1. The van der Waals surface area contributed by atoms with Gasteiger partial charge in [0, 0.05) is 21.7 Å². The number of pyridine rings is 1. The van der Waals surface area contributed by atoms with E-state index >= 15 is 0 Å². The maximum absolute atomic E-state index is 13.9. The first-order valence-corrected chi connectivity index (χ1v) is 6.90. The van der Waals surface area contributed by atoms with E-state index in [-0.39, 0.29) is 11.4 Å². The Morgan fingerprint density at radius 2 is 1.81 bits per heavy atom. The first-order valence-electron chi connectivity index (χ1n) is 6.10. The summed E-state index contributed by atoms with van der Waals surface area (Å²) in [6.07, 6.45) is 1.63. The van der Waals surface area contributed by atoms with Gasteiger partial charge in [0.2, 0.25) is 0 Å². The molecule has 0 saturated carbocycles. The Balaban J connectivity index is 2.11. The third kappa shape index (κ3) is 2.67. The number of para-hydroxylation sites is 1. The van der Waals surface area contributed by atoms with Crippen LogP contribution in [0.25, 0.3) is 10.9 Å². The van der Waals surface area contributed by atoms with Crippen LogP contribution in [0.4, 0.5) is 25.8 Å². The van der Waals surface area contributed by atoms with E-state index in [0.717, 1.165) is 22.0 Å². The van der Waals surface area contributed by atoms with Crippen LogP contribution in [0.15, 0.2) is 47.1 Å². The molecule has 0 aliphatic heterocycles. The number of hydrogen-bond donors (Lipinski definition) is 2. The molecule has 0 fully saturated rings. The predicted molar refractivity (Wildman–Crippen MR) is 83.5 cm³/mol. The molecule has 6 heteroatoms. The first kappa shape index (κ1) is 13.8. The molecule has 0 aliphatic rings. The number of nitrogen functional groups attached to an aromatic ring is 1. The van der Waals surface area contributed by atoms with Crippen LogP contribution >= 0.6 is 15.9 Å². The molecule has 3 aromatic rings. The summed E-state index contributed by atoms with van der Waals surface area (Å²) in [6.45, 7) is 0. The normalized spacial score (nSPS) is 10.8. The summed E-state index contributed by atoms with van der Waals surface area (Å²) in [4.78, 5) is 4.27. The van der Waals surface area contributed by atoms with Crippen molar-refractivity contribution >= 4 is 43.9 Å². The molecule has 3 rings (SSSR count). The van der Waals surface area contributed by atoms with E-state index in [1.165, 1.54) is 0 Å². The molecule has 21 heavy (non-hydrogen) atoms. The fourth-order valence-corrected chi connectivity index (χ4v) is 2.43. The molecule has 1 aromatic heterocycles. The van der Waals surface area contributed by atoms with E-state index in [2.05, 4.69) is 26.2 Å². The van der Waals surface area contributed by atoms with Crippen molar-refractivity contribution in [1.29, 1.82) is 0 Å². The Hall–Kier alpha value is -2.21. The lowest BCUT2D eigenvalue weighted by Gasteiger charge is -2.11. The zero-order chi connectivity index (χ0) is 15.0. The van der Waals surface area contributed by atoms with Crippen molar-refractivity contribution in [1.82, 2.24) is 4.98 Å². The lowest BCUT2D eigenvalue weighted by molar-refractivity contribution is 0.592. The lowest BCUT2D eigenvalue weighted by Crippen LogP contribution is -2.00. The van der Waals surface area contributed by atoms with Gasteiger partial charge in [0.15, 0.2) is 11.6 Å². The monoisotopic (exact) mass is 349 g/mol. The van der Waals surface area contributed by atoms with Crippen LogP contribution in [0.1, 0.15) is 0 Å². The Morgan fingerprint density at radius 3 is 2.52 bits per heavy atom. The largest absolute Gasteiger partial charge is 0.399 e. The molecular formula is C15H10BrF2N3. The standard InChI is InChI=1S/C15H10BrF2N3/c16-9-4-8-2-1-3-13(14(8)20-7-9)21-15-11(17)5-10(19)6-12(15)18/h1-7,21H,19H2. The second kappa shape index (κ2) is 5.29. The molecule has 0 spiro atoms. The highest BCUT2D eigenvalue weighted by atomic mass is 79.9. The van der Waals surface area contributed by atoms with E-state index in [9.17, 15) is 8.78 Å². The quantitative estimate of drug-likeness (QED) is 0.664. The first-order chi connectivity index (χ1) is 10.0. The minimum Gasteiger partial charge on any atom is -0.399 e. The van der Waals surface area contributed by atoms with Gasteiger partial charge in [-0.3, -0.25) is 4.98 Å². The molecule has 0 aliphatic carbocycles. The summed E-state index contributed by atoms with van der Waals surface area (Å²) in [5.74, 6) is -1.50. The molecule has 0 unspecified atom stereocenters. The summed E-state index contributed by atoms with van der Waals surface area (Å²) < 4.78 is 28.5. The van der Waals surface area contributed by atoms with Crippen LogP contribution in [-0.2, 0) is 0 Å². The molecular weight excluding hydrogens is 340 g/mol. The summed E-state index contributed by atoms with van der Waals surface area (Å²) in [6, 6.07) is 9.38. The Kier molecular flexibility index (Phi) is 3.47. The minimum absolute atomic E-state index is 0.0375. The van der Waals surface area contributed by atoms with E-state index in [0.29, 0.717) is 11.2 Å². The van der Waals surface area contributed by atoms with Gasteiger partial charge in [0.05, 0.1) is 11.2 Å². The number of anilines is 3. The number of aromatic nitrogens is 1. The molecule has 0 radical (unpaired) electrons. The Morgan fingerprint density at radius 1 is 1.10 bits per heavy atom. The third-order valence-corrected chi connectivity index (χ3v) is 3.44. The van der Waals surface area contributed by atoms with E-state index in [4.69, 9.17) is 5.73 Å². The van der Waals surface area contributed by atoms with Gasteiger partial charge >= 0.3 is 0 Å². The second-order valence-corrected chi connectivity index (χ2v) is 5.43. The second-order valence-electron chi connectivity index (χ2n) is 4.52. The molecule has 0 atom stereocenters. The van der Waals surface area contributed by atoms with Crippen molar-refractivity contribution < 1.29 is 8.78 Å². The van der Waals surface area contributed by atoms with Crippen LogP contribution < -0.4 is 11.1 Å². The van der Waals surface area contributed by atoms with Gasteiger partial charge in [-0.05, 0) is 40.2 Å². The van der Waals surface area contributed by atoms with Gasteiger partial charge in [0.1, 0.15) is 5.69 Å². The third-order valence-electron chi connectivity index (χ3n) is 3.00. The average Bonchev–Trinajstić information content (AvgIpc) is 2.42. The highest BCUT2D eigenvalue weighted by molar-refractivity contribution is 9.10. The van der Waals surface area contributed by atoms with E-state index < -0.39 is 11.6 Å². The van der Waals surface area contributed by atoms with Crippen LogP contribution in [0, 0.1) is 11.6 Å². The van der Waals surface area contributed by atoms with Gasteiger partial charge < -0.3 is 11.1 Å². The summed E-state index contributed by atoms with van der Waals surface area (Å²) in [5, 5.41) is 3.60. The Bertz CT molecular complexity index is 813. The fraction of sp³-hybridized carbons (Fsp3) is 0. The summed E-state index contributed by atoms with van der Waals surface area (Å²) >= 11 is 3.34. The van der Waals surface area contributed by atoms with Crippen molar-refractivity contribution in [3.63, 3.8) is 0 Å². The van der Waals surface area contributed by atoms with Crippen molar-refractivity contribution in [3.8, 4) is 0 Å². The van der Waals surface area contributed by atoms with Crippen LogP contribution in [0.2, 0.25) is 0 Å². The zero-order valence-electron chi connectivity index (χ0n) is 10.7. The van der Waals surface area contributed by atoms with Gasteiger partial charge in [-0.15, -0.1) is 0 Å². The molecule has 3 nitrogen and oxygen atoms in total. The fourth-order valence-electron chi connectivity index (χ4n) is 2.08. The maximum Gasteiger partial charge on any atom is 0.151 e. The summed E-state index contributed by atoms with van der Waals surface area (Å²) in [5.41, 5.74) is 6.33. The minimum atomic E-state index is -0.749. The van der Waals surface area contributed by atoms with E-state index in [1.807, 2.05) is 12.1 Å². The van der Waals surface area contributed by atoms with Crippen molar-refractivity contribution in [3.05, 3.63) is 58.7 Å². The molecule has 0 saturated heterocycles. The van der Waals surface area contributed by atoms with Crippen molar-refractivity contribution in [2.24, 2.45) is 0 Å². The van der Waals surface area contributed by atoms with Crippen LogP contribution in [0.3, 0.4) is 0 Å². The molecule has 3 N–H and O–H groups in total. The topological polar surface area (TPSA) is 50.9 Å². The zero-order valence-corrected chi connectivity index (χ0v) is 12.3. The maximum atomic E-state index is 13.9.